The molecule has 2 amide bonds. The number of hydrogen-bond donors (Lipinski definition) is 3. The van der Waals surface area contributed by atoms with Crippen molar-refractivity contribution in [3.63, 3.8) is 0 Å². The average Bonchev–Trinajstić information content (AvgIpc) is 3.07. The maximum Gasteiger partial charge on any atom is 0.405 e. The number of carboxylic acid groups (broad SMARTS) is 1. The smallest absolute Gasteiger partial charge is 0.405 e. The molecular weight excluding hydrogens is 354 g/mol. The molecule has 0 radical (unpaired) electrons. The predicted molar refractivity (Wildman–Crippen MR) is 100 cm³/mol. The maximum atomic E-state index is 12.5. The van der Waals surface area contributed by atoms with Crippen molar-refractivity contribution in [1.82, 2.24) is 10.3 Å². The van der Waals surface area contributed by atoms with Gasteiger partial charge in [0.2, 0.25) is 0 Å². The Kier molecular flexibility index (Phi) is 7.11. The third-order valence-corrected chi connectivity index (χ3v) is 4.92. The molecule has 0 saturated heterocycles. The molecule has 3 N–H and O–H groups in total. The Balaban J connectivity index is 2.01. The zero-order valence-corrected chi connectivity index (χ0v) is 15.7. The van der Waals surface area contributed by atoms with Crippen molar-refractivity contribution in [2.45, 2.75) is 45.4 Å². The first kappa shape index (κ1) is 19.9. The minimum Gasteiger partial charge on any atom is -0.465 e. The second kappa shape index (κ2) is 9.30. The summed E-state index contributed by atoms with van der Waals surface area (Å²) in [6, 6.07) is 8.41. The average molecular weight is 377 g/mol. The Morgan fingerprint density at radius 3 is 2.50 bits per heavy atom. The highest BCUT2D eigenvalue weighted by molar-refractivity contribution is 7.15. The van der Waals surface area contributed by atoms with Crippen LogP contribution in [0.2, 0.25) is 0 Å². The molecule has 140 valence electrons. The second-order valence-electron chi connectivity index (χ2n) is 6.14. The lowest BCUT2D eigenvalue weighted by atomic mass is 10.1. The third-order valence-electron chi connectivity index (χ3n) is 3.71. The first-order valence-corrected chi connectivity index (χ1v) is 9.10. The van der Waals surface area contributed by atoms with Gasteiger partial charge in [0, 0.05) is 11.1 Å². The molecule has 0 saturated carbocycles. The minimum absolute atomic E-state index is 0.280. The van der Waals surface area contributed by atoms with Gasteiger partial charge in [0.15, 0.2) is 5.13 Å². The van der Waals surface area contributed by atoms with Gasteiger partial charge in [-0.1, -0.05) is 44.2 Å². The minimum atomic E-state index is -1.29. The van der Waals surface area contributed by atoms with Gasteiger partial charge >= 0.3 is 6.09 Å². The van der Waals surface area contributed by atoms with Crippen LogP contribution < -0.4 is 10.6 Å². The van der Waals surface area contributed by atoms with Crippen LogP contribution in [0.1, 0.15) is 37.1 Å². The van der Waals surface area contributed by atoms with Gasteiger partial charge in [0.1, 0.15) is 6.04 Å². The molecule has 0 spiro atoms. The van der Waals surface area contributed by atoms with E-state index in [1.807, 2.05) is 44.2 Å². The molecular formula is C18H23N3O4S. The summed E-state index contributed by atoms with van der Waals surface area (Å²) in [7, 11) is 0. The predicted octanol–water partition coefficient (Wildman–Crippen LogP) is 3.45. The monoisotopic (exact) mass is 377 g/mol. The van der Waals surface area contributed by atoms with Crippen molar-refractivity contribution in [3.8, 4) is 0 Å². The topological polar surface area (TPSA) is 101 Å². The molecule has 0 aliphatic rings. The van der Waals surface area contributed by atoms with E-state index in [0.717, 1.165) is 10.4 Å². The quantitative estimate of drug-likeness (QED) is 0.654. The van der Waals surface area contributed by atoms with Crippen LogP contribution in [0.25, 0.3) is 0 Å². The van der Waals surface area contributed by atoms with Gasteiger partial charge in [-0.3, -0.25) is 4.79 Å². The van der Waals surface area contributed by atoms with Gasteiger partial charge in [-0.25, -0.2) is 9.78 Å². The molecule has 0 bridgehead atoms. The van der Waals surface area contributed by atoms with E-state index in [0.29, 0.717) is 11.0 Å². The van der Waals surface area contributed by atoms with Crippen molar-refractivity contribution in [2.75, 3.05) is 5.32 Å². The fraction of sp³-hybridized carbons (Fsp3) is 0.389. The number of carbonyl (C=O) groups is 2. The maximum absolute atomic E-state index is 12.5. The number of ether oxygens (including phenoxy) is 1. The van der Waals surface area contributed by atoms with Crippen LogP contribution >= 0.6 is 11.3 Å². The number of rotatable bonds is 8. The van der Waals surface area contributed by atoms with Gasteiger partial charge in [-0.05, 0) is 18.4 Å². The van der Waals surface area contributed by atoms with Gasteiger partial charge < -0.3 is 20.5 Å². The summed E-state index contributed by atoms with van der Waals surface area (Å²) >= 11 is 1.37. The first-order chi connectivity index (χ1) is 12.4. The van der Waals surface area contributed by atoms with Gasteiger partial charge in [0.05, 0.1) is 12.7 Å². The molecule has 2 aromatic rings. The summed E-state index contributed by atoms with van der Waals surface area (Å²) in [6.07, 6.45) is -0.238. The summed E-state index contributed by atoms with van der Waals surface area (Å²) in [5.41, 5.74) is 0.940. The van der Waals surface area contributed by atoms with Crippen molar-refractivity contribution in [2.24, 2.45) is 0 Å². The molecule has 1 aromatic carbocycles. The van der Waals surface area contributed by atoms with Crippen molar-refractivity contribution < 1.29 is 19.4 Å². The molecule has 1 heterocycles. The molecule has 26 heavy (non-hydrogen) atoms. The Morgan fingerprint density at radius 2 is 1.92 bits per heavy atom. The van der Waals surface area contributed by atoms with Crippen molar-refractivity contribution >= 4 is 28.5 Å². The van der Waals surface area contributed by atoms with E-state index in [2.05, 4.69) is 15.6 Å². The first-order valence-electron chi connectivity index (χ1n) is 8.28. The van der Waals surface area contributed by atoms with Gasteiger partial charge in [-0.2, -0.15) is 0 Å². The summed E-state index contributed by atoms with van der Waals surface area (Å²) in [6.45, 7) is 6.01. The molecule has 1 aromatic heterocycles. The highest BCUT2D eigenvalue weighted by Crippen LogP contribution is 2.25. The summed E-state index contributed by atoms with van der Waals surface area (Å²) < 4.78 is 5.69. The lowest BCUT2D eigenvalue weighted by Gasteiger charge is -2.23. The number of benzene rings is 1. The number of nitrogens with zero attached hydrogens (tertiary/aromatic N) is 1. The molecule has 1 unspecified atom stereocenters. The highest BCUT2D eigenvalue weighted by Gasteiger charge is 2.28. The lowest BCUT2D eigenvalue weighted by molar-refractivity contribution is -0.121. The van der Waals surface area contributed by atoms with Crippen molar-refractivity contribution in [3.05, 3.63) is 47.0 Å². The normalized spacial score (nSPS) is 13.2. The van der Waals surface area contributed by atoms with Crippen molar-refractivity contribution in [1.29, 1.82) is 0 Å². The van der Waals surface area contributed by atoms with Crippen LogP contribution in [0, 0.1) is 0 Å². The Bertz CT molecular complexity index is 733. The van der Waals surface area contributed by atoms with Gasteiger partial charge in [0.25, 0.3) is 5.91 Å². The van der Waals surface area contributed by atoms with E-state index in [1.165, 1.54) is 11.3 Å². The second-order valence-corrected chi connectivity index (χ2v) is 7.20. The standard InChI is InChI=1S/C18H23N3O4S/c1-11(2)14-9-19-17(26-14)21-16(22)15(20-18(23)24)12(3)25-10-13-7-5-4-6-8-13/h4-9,11-12,15,20H,10H2,1-3H3,(H,23,24)(H,19,21,22)/t12?,15-/m0/s1. The Morgan fingerprint density at radius 1 is 1.23 bits per heavy atom. The Hall–Kier alpha value is -2.45. The van der Waals surface area contributed by atoms with E-state index in [1.54, 1.807) is 13.1 Å². The summed E-state index contributed by atoms with van der Waals surface area (Å²) in [4.78, 5) is 28.8. The van der Waals surface area contributed by atoms with Crippen LogP contribution in [-0.4, -0.2) is 34.2 Å². The Labute approximate surface area is 156 Å². The number of aromatic nitrogens is 1. The molecule has 0 aliphatic carbocycles. The van der Waals surface area contributed by atoms with E-state index in [-0.39, 0.29) is 6.61 Å². The summed E-state index contributed by atoms with van der Waals surface area (Å²) in [5, 5.41) is 14.4. The van der Waals surface area contributed by atoms with E-state index in [4.69, 9.17) is 9.84 Å². The van der Waals surface area contributed by atoms with Crippen LogP contribution in [0.15, 0.2) is 36.5 Å². The molecule has 7 nitrogen and oxygen atoms in total. The molecule has 2 rings (SSSR count). The molecule has 2 atom stereocenters. The van der Waals surface area contributed by atoms with Crippen LogP contribution in [-0.2, 0) is 16.1 Å². The highest BCUT2D eigenvalue weighted by atomic mass is 32.1. The number of hydrogen-bond acceptors (Lipinski definition) is 5. The van der Waals surface area contributed by atoms with Crippen LogP contribution in [0.4, 0.5) is 9.93 Å². The lowest BCUT2D eigenvalue weighted by Crippen LogP contribution is -2.50. The van der Waals surface area contributed by atoms with E-state index >= 15 is 0 Å². The zero-order chi connectivity index (χ0) is 19.1. The van der Waals surface area contributed by atoms with Crippen LogP contribution in [0.3, 0.4) is 0 Å². The molecule has 0 aliphatic heterocycles. The fourth-order valence-electron chi connectivity index (χ4n) is 2.22. The number of anilines is 1. The SMILES string of the molecule is CC(C)c1cnc(NC(=O)[C@@H](NC(=O)O)C(C)OCc2ccccc2)s1. The number of amides is 2. The third kappa shape index (κ3) is 5.82. The number of carbonyl (C=O) groups excluding carboxylic acids is 1. The van der Waals surface area contributed by atoms with Crippen LogP contribution in [0.5, 0.6) is 0 Å². The fourth-order valence-corrected chi connectivity index (χ4v) is 3.04. The molecule has 8 heteroatoms. The van der Waals surface area contributed by atoms with Gasteiger partial charge in [-0.15, -0.1) is 11.3 Å². The zero-order valence-electron chi connectivity index (χ0n) is 14.9. The number of nitrogens with one attached hydrogen (secondary N) is 2. The largest absolute Gasteiger partial charge is 0.465 e. The summed E-state index contributed by atoms with van der Waals surface area (Å²) in [5.74, 6) is -0.197. The number of thiazole rings is 1. The molecule has 0 fully saturated rings. The van der Waals surface area contributed by atoms with E-state index < -0.39 is 24.1 Å². The van der Waals surface area contributed by atoms with E-state index in [9.17, 15) is 9.59 Å².